The van der Waals surface area contributed by atoms with Crippen molar-refractivity contribution in [3.63, 3.8) is 0 Å². The van der Waals surface area contributed by atoms with Crippen molar-refractivity contribution >= 4 is 57.6 Å². The molecule has 19 nitrogen and oxygen atoms in total. The van der Waals surface area contributed by atoms with Crippen LogP contribution in [-0.2, 0) is 33.1 Å². The van der Waals surface area contributed by atoms with Crippen LogP contribution in [0.25, 0.3) is 22.1 Å². The predicted molar refractivity (Wildman–Crippen MR) is 211 cm³/mol. The van der Waals surface area contributed by atoms with Gasteiger partial charge in [0.2, 0.25) is 23.7 Å². The Bertz CT molecular complexity index is 2540. The molecular weight excluding hydrogens is 736 g/mol. The van der Waals surface area contributed by atoms with Crippen molar-refractivity contribution in [2.45, 2.75) is 53.2 Å². The summed E-state index contributed by atoms with van der Waals surface area (Å²) in [5.74, 6) is -1.35. The topological polar surface area (TPSA) is 254 Å². The van der Waals surface area contributed by atoms with Crippen molar-refractivity contribution in [2.75, 3.05) is 31.0 Å². The maximum absolute atomic E-state index is 13.7. The Morgan fingerprint density at radius 1 is 0.842 bits per heavy atom. The minimum absolute atomic E-state index is 0.116. The second-order valence-electron chi connectivity index (χ2n) is 13.0. The molecule has 0 bridgehead atoms. The number of methoxy groups -OCH3 is 1. The molecule has 4 aromatic heterocycles. The fourth-order valence-corrected chi connectivity index (χ4v) is 6.45. The third-order valence-corrected chi connectivity index (χ3v) is 9.07. The normalized spacial score (nSPS) is 11.5. The molecule has 0 fully saturated rings. The molecule has 0 radical (unpaired) electrons. The van der Waals surface area contributed by atoms with Gasteiger partial charge in [-0.15, -0.1) is 0 Å². The molecule has 57 heavy (non-hydrogen) atoms. The van der Waals surface area contributed by atoms with E-state index in [-0.39, 0.29) is 55.1 Å². The van der Waals surface area contributed by atoms with Crippen LogP contribution in [0.5, 0.6) is 11.5 Å². The van der Waals surface area contributed by atoms with E-state index in [0.717, 1.165) is 0 Å². The lowest BCUT2D eigenvalue weighted by Gasteiger charge is -2.13. The number of primary amides is 2. The molecule has 19 heteroatoms. The summed E-state index contributed by atoms with van der Waals surface area (Å²) in [7, 11) is 3.18. The molecule has 4 amide bonds. The van der Waals surface area contributed by atoms with Gasteiger partial charge in [0.15, 0.2) is 0 Å². The zero-order chi connectivity index (χ0) is 41.0. The fraction of sp³-hybridized carbons (Fsp3) is 0.316. The molecule has 0 aliphatic heterocycles. The number of nitrogens with two attached hydrogens (primary N) is 2. The molecule has 0 saturated heterocycles. The number of allylic oxidation sites excluding steroid dienone is 2. The number of fused-ring (bicyclic) bond motifs is 2. The molecule has 6 rings (SSSR count). The van der Waals surface area contributed by atoms with Crippen LogP contribution < -0.4 is 31.6 Å². The van der Waals surface area contributed by atoms with E-state index >= 15 is 0 Å². The number of carbonyl (C=O) groups excluding carboxylic acids is 4. The van der Waals surface area contributed by atoms with Crippen molar-refractivity contribution in [3.05, 3.63) is 82.5 Å². The molecule has 0 unspecified atom stereocenters. The number of anilines is 2. The van der Waals surface area contributed by atoms with Crippen LogP contribution in [0.3, 0.4) is 0 Å². The number of rotatable bonds is 17. The standard InChI is InChI=1S/C38H44N12O7/c1-6-25-24(20-47(4)46-25)35(54)43-37-42-27-17-23(34(40)53)19-30(57-14-10-13-51)32(27)49(37)12-9-8-11-48-31-26(16-22(33(39)52)18-29(31)56-5)41-38(48)44-36(55)28-15-21(3)45-50(28)7-2/h8-9,15-20,51H,6-7,10-14H2,1-5H3,(H2,39,52)(H2,40,53)(H,41,44,55)(H,42,43,54). The Kier molecular flexibility index (Phi) is 11.7. The highest BCUT2D eigenvalue weighted by atomic mass is 16.5. The summed E-state index contributed by atoms with van der Waals surface area (Å²) in [6, 6.07) is 7.71. The average Bonchev–Trinajstić information content (AvgIpc) is 3.95. The zero-order valence-electron chi connectivity index (χ0n) is 32.2. The maximum atomic E-state index is 13.7. The first-order chi connectivity index (χ1) is 27.4. The Hall–Kier alpha value is -7.02. The lowest BCUT2D eigenvalue weighted by molar-refractivity contribution is 0.0991. The van der Waals surface area contributed by atoms with E-state index in [1.807, 2.05) is 26.0 Å². The highest BCUT2D eigenvalue weighted by Gasteiger charge is 2.24. The molecule has 0 saturated carbocycles. The first-order valence-corrected chi connectivity index (χ1v) is 18.2. The number of hydrogen-bond acceptors (Lipinski definition) is 11. The number of hydrogen-bond donors (Lipinski definition) is 5. The van der Waals surface area contributed by atoms with Crippen molar-refractivity contribution < 1.29 is 33.8 Å². The van der Waals surface area contributed by atoms with Gasteiger partial charge in [-0.2, -0.15) is 10.2 Å². The highest BCUT2D eigenvalue weighted by molar-refractivity contribution is 6.06. The summed E-state index contributed by atoms with van der Waals surface area (Å²) < 4.78 is 18.3. The minimum Gasteiger partial charge on any atom is -0.494 e. The molecule has 7 N–H and O–H groups in total. The number of aliphatic hydroxyl groups is 1. The number of amides is 4. The molecule has 0 spiro atoms. The highest BCUT2D eigenvalue weighted by Crippen LogP contribution is 2.33. The Morgan fingerprint density at radius 3 is 1.96 bits per heavy atom. The van der Waals surface area contributed by atoms with Gasteiger partial charge in [0.05, 0.1) is 41.7 Å². The van der Waals surface area contributed by atoms with Crippen molar-refractivity contribution in [1.29, 1.82) is 0 Å². The van der Waals surface area contributed by atoms with Crippen LogP contribution in [0, 0.1) is 6.92 Å². The first kappa shape index (κ1) is 39.7. The number of nitrogens with one attached hydrogen (secondary N) is 2. The second-order valence-corrected chi connectivity index (χ2v) is 13.0. The molecule has 0 aliphatic carbocycles. The third-order valence-electron chi connectivity index (χ3n) is 9.07. The zero-order valence-corrected chi connectivity index (χ0v) is 32.2. The predicted octanol–water partition coefficient (Wildman–Crippen LogP) is 2.94. The number of aryl methyl sites for hydroxylation is 4. The van der Waals surface area contributed by atoms with Gasteiger partial charge in [0.25, 0.3) is 11.8 Å². The van der Waals surface area contributed by atoms with Gasteiger partial charge in [0.1, 0.15) is 28.2 Å². The monoisotopic (exact) mass is 780 g/mol. The number of ether oxygens (including phenoxy) is 2. The van der Waals surface area contributed by atoms with Crippen molar-refractivity contribution in [1.82, 2.24) is 38.7 Å². The Balaban J connectivity index is 1.41. The first-order valence-electron chi connectivity index (χ1n) is 18.2. The lowest BCUT2D eigenvalue weighted by atomic mass is 10.1. The van der Waals surface area contributed by atoms with E-state index < -0.39 is 23.6 Å². The summed E-state index contributed by atoms with van der Waals surface area (Å²) in [5.41, 5.74) is 15.2. The average molecular weight is 781 g/mol. The summed E-state index contributed by atoms with van der Waals surface area (Å²) in [5, 5.41) is 24.0. The molecule has 6 aromatic rings. The Morgan fingerprint density at radius 2 is 1.42 bits per heavy atom. The summed E-state index contributed by atoms with van der Waals surface area (Å²) in [6.07, 6.45) is 6.10. The van der Waals surface area contributed by atoms with Crippen LogP contribution in [-0.4, -0.2) is 87.7 Å². The number of aromatic nitrogens is 8. The van der Waals surface area contributed by atoms with E-state index in [2.05, 4.69) is 30.8 Å². The molecule has 2 aromatic carbocycles. The largest absolute Gasteiger partial charge is 0.494 e. The summed E-state index contributed by atoms with van der Waals surface area (Å²) >= 11 is 0. The van der Waals surface area contributed by atoms with Gasteiger partial charge in [-0.05, 0) is 50.6 Å². The number of imidazole rings is 2. The molecule has 298 valence electrons. The quantitative estimate of drug-likeness (QED) is 0.0664. The van der Waals surface area contributed by atoms with Crippen LogP contribution in [0.2, 0.25) is 0 Å². The molecule has 0 atom stereocenters. The van der Waals surface area contributed by atoms with Crippen LogP contribution in [0.4, 0.5) is 11.9 Å². The number of nitrogens with zero attached hydrogens (tertiary/aromatic N) is 8. The number of benzene rings is 2. The summed E-state index contributed by atoms with van der Waals surface area (Å²) in [4.78, 5) is 61.1. The fourth-order valence-electron chi connectivity index (χ4n) is 6.45. The SMILES string of the molecule is CCc1nn(C)cc1C(=O)Nc1nc2cc(C(N)=O)cc(OCCCO)c2n1CC=CCn1c(NC(=O)c2cc(C)nn2CC)nc2cc(C(N)=O)cc(OC)c21. The maximum Gasteiger partial charge on any atom is 0.276 e. The lowest BCUT2D eigenvalue weighted by Crippen LogP contribution is -2.20. The Labute approximate surface area is 326 Å². The minimum atomic E-state index is -0.699. The van der Waals surface area contributed by atoms with E-state index in [9.17, 15) is 24.3 Å². The van der Waals surface area contributed by atoms with Gasteiger partial charge in [-0.25, -0.2) is 9.97 Å². The van der Waals surface area contributed by atoms with Gasteiger partial charge >= 0.3 is 0 Å². The van der Waals surface area contributed by atoms with E-state index in [1.165, 1.54) is 31.4 Å². The van der Waals surface area contributed by atoms with Gasteiger partial charge in [0, 0.05) is 57.0 Å². The summed E-state index contributed by atoms with van der Waals surface area (Å²) in [6.45, 7) is 6.34. The smallest absolute Gasteiger partial charge is 0.276 e. The van der Waals surface area contributed by atoms with Crippen LogP contribution in [0.15, 0.2) is 48.7 Å². The van der Waals surface area contributed by atoms with Gasteiger partial charge in [-0.3, -0.25) is 39.2 Å². The second kappa shape index (κ2) is 16.8. The third kappa shape index (κ3) is 8.18. The van der Waals surface area contributed by atoms with Crippen LogP contribution >= 0.6 is 0 Å². The van der Waals surface area contributed by atoms with Gasteiger partial charge in [-0.1, -0.05) is 19.1 Å². The number of aliphatic hydroxyl groups excluding tert-OH is 1. The van der Waals surface area contributed by atoms with Crippen molar-refractivity contribution in [2.24, 2.45) is 18.5 Å². The molecule has 4 heterocycles. The van der Waals surface area contributed by atoms with E-state index in [0.29, 0.717) is 69.8 Å². The molecule has 0 aliphatic rings. The molecular formula is C38H44N12O7. The van der Waals surface area contributed by atoms with Gasteiger partial charge < -0.3 is 35.2 Å². The van der Waals surface area contributed by atoms with E-state index in [4.69, 9.17) is 20.9 Å². The van der Waals surface area contributed by atoms with Crippen molar-refractivity contribution in [3.8, 4) is 11.5 Å². The number of carbonyl (C=O) groups is 4. The van der Waals surface area contributed by atoms with E-state index in [1.54, 1.807) is 44.7 Å². The van der Waals surface area contributed by atoms with Crippen LogP contribution in [0.1, 0.15) is 73.2 Å².